The number of hydrogen-bond donors (Lipinski definition) is 0. The van der Waals surface area contributed by atoms with E-state index in [9.17, 15) is 0 Å². The number of imidazole rings is 1. The van der Waals surface area contributed by atoms with Gasteiger partial charge in [0.2, 0.25) is 0 Å². The molecule has 4 aromatic rings. The Hall–Kier alpha value is -2.86. The fourth-order valence-corrected chi connectivity index (χ4v) is 4.47. The maximum Gasteiger partial charge on any atom is 0.164 e. The zero-order valence-electron chi connectivity index (χ0n) is 14.4. The third kappa shape index (κ3) is 2.54. The van der Waals surface area contributed by atoms with E-state index >= 15 is 0 Å². The molecule has 5 rings (SSSR count). The summed E-state index contributed by atoms with van der Waals surface area (Å²) >= 11 is 1.73. The first-order valence-corrected chi connectivity index (χ1v) is 9.51. The molecule has 0 bridgehead atoms. The van der Waals surface area contributed by atoms with E-state index in [1.165, 1.54) is 16.7 Å². The Morgan fingerprint density at radius 2 is 1.88 bits per heavy atom. The van der Waals surface area contributed by atoms with Crippen LogP contribution in [0.4, 0.5) is 0 Å². The molecule has 0 fully saturated rings. The van der Waals surface area contributed by atoms with Gasteiger partial charge in [0.25, 0.3) is 0 Å². The molecular weight excluding hydrogens is 342 g/mol. The van der Waals surface area contributed by atoms with Gasteiger partial charge in [0.15, 0.2) is 5.82 Å². The smallest absolute Gasteiger partial charge is 0.164 e. The van der Waals surface area contributed by atoms with Crippen LogP contribution in [0.3, 0.4) is 0 Å². The van der Waals surface area contributed by atoms with E-state index < -0.39 is 0 Å². The van der Waals surface area contributed by atoms with Crippen molar-refractivity contribution in [3.8, 4) is 27.0 Å². The predicted molar refractivity (Wildman–Crippen MR) is 102 cm³/mol. The van der Waals surface area contributed by atoms with Gasteiger partial charge in [0.1, 0.15) is 12.0 Å². The van der Waals surface area contributed by atoms with Crippen molar-refractivity contribution in [1.29, 1.82) is 0 Å². The average Bonchev–Trinajstić information content (AvgIpc) is 3.41. The molecule has 128 valence electrons. The van der Waals surface area contributed by atoms with Crippen LogP contribution in [-0.4, -0.2) is 24.7 Å². The summed E-state index contributed by atoms with van der Waals surface area (Å²) in [6, 6.07) is 8.44. The zero-order valence-corrected chi connectivity index (χ0v) is 15.2. The van der Waals surface area contributed by atoms with E-state index in [4.69, 9.17) is 0 Å². The van der Waals surface area contributed by atoms with E-state index in [-0.39, 0.29) is 0 Å². The molecule has 0 saturated heterocycles. The summed E-state index contributed by atoms with van der Waals surface area (Å²) in [6.07, 6.45) is 10.6. The Morgan fingerprint density at radius 1 is 1.00 bits per heavy atom. The molecule has 0 N–H and O–H groups in total. The van der Waals surface area contributed by atoms with Gasteiger partial charge in [-0.05, 0) is 55.5 Å². The van der Waals surface area contributed by atoms with Crippen LogP contribution in [-0.2, 0) is 12.8 Å². The minimum atomic E-state index is 0.913. The molecule has 0 aliphatic heterocycles. The van der Waals surface area contributed by atoms with Gasteiger partial charge in [0, 0.05) is 24.2 Å². The highest BCUT2D eigenvalue weighted by molar-refractivity contribution is 7.18. The first-order chi connectivity index (χ1) is 12.8. The third-order valence-corrected chi connectivity index (χ3v) is 5.88. The standard InChI is InChI=1S/C20H17N5S/c1-13-5-6-16(22-11-13)17-7-8-18(26-17)19-14-3-2-4-15(14)20(24-23-19)25-10-9-21-12-25/h5-12H,2-4H2,1H3. The highest BCUT2D eigenvalue weighted by Gasteiger charge is 2.23. The molecule has 0 aromatic carbocycles. The monoisotopic (exact) mass is 359 g/mol. The number of rotatable bonds is 3. The molecule has 4 heterocycles. The Kier molecular flexibility index (Phi) is 3.64. The molecule has 0 radical (unpaired) electrons. The van der Waals surface area contributed by atoms with Gasteiger partial charge in [0.05, 0.1) is 15.4 Å². The molecule has 0 saturated carbocycles. The van der Waals surface area contributed by atoms with Crippen molar-refractivity contribution in [2.75, 3.05) is 0 Å². The van der Waals surface area contributed by atoms with E-state index in [2.05, 4.69) is 51.4 Å². The highest BCUT2D eigenvalue weighted by Crippen LogP contribution is 2.38. The average molecular weight is 359 g/mol. The van der Waals surface area contributed by atoms with Crippen LogP contribution in [0.2, 0.25) is 0 Å². The molecular formula is C20H17N5S. The van der Waals surface area contributed by atoms with Gasteiger partial charge < -0.3 is 0 Å². The third-order valence-electron chi connectivity index (χ3n) is 4.77. The summed E-state index contributed by atoms with van der Waals surface area (Å²) in [7, 11) is 0. The van der Waals surface area contributed by atoms with Crippen molar-refractivity contribution in [1.82, 2.24) is 24.7 Å². The van der Waals surface area contributed by atoms with Gasteiger partial charge in [-0.15, -0.1) is 21.5 Å². The molecule has 1 aliphatic carbocycles. The Labute approximate surface area is 155 Å². The van der Waals surface area contributed by atoms with Crippen LogP contribution in [0, 0.1) is 6.92 Å². The normalized spacial score (nSPS) is 13.1. The van der Waals surface area contributed by atoms with E-state index in [0.717, 1.165) is 46.2 Å². The number of fused-ring (bicyclic) bond motifs is 1. The van der Waals surface area contributed by atoms with Crippen molar-refractivity contribution in [3.05, 3.63) is 65.9 Å². The minimum absolute atomic E-state index is 0.913. The lowest BCUT2D eigenvalue weighted by molar-refractivity contribution is 0.879. The van der Waals surface area contributed by atoms with Gasteiger partial charge in [-0.2, -0.15) is 0 Å². The number of thiophene rings is 1. The van der Waals surface area contributed by atoms with E-state index in [1.54, 1.807) is 23.9 Å². The van der Waals surface area contributed by atoms with Crippen LogP contribution in [0.25, 0.3) is 27.0 Å². The van der Waals surface area contributed by atoms with Gasteiger partial charge in [-0.25, -0.2) is 4.98 Å². The topological polar surface area (TPSA) is 56.5 Å². The van der Waals surface area contributed by atoms with E-state index in [0.29, 0.717) is 0 Å². The number of aryl methyl sites for hydroxylation is 1. The molecule has 0 atom stereocenters. The Balaban J connectivity index is 1.57. The van der Waals surface area contributed by atoms with Gasteiger partial charge in [-0.3, -0.25) is 9.55 Å². The molecule has 26 heavy (non-hydrogen) atoms. The van der Waals surface area contributed by atoms with Crippen molar-refractivity contribution < 1.29 is 0 Å². The molecule has 0 unspecified atom stereocenters. The van der Waals surface area contributed by atoms with Crippen molar-refractivity contribution in [2.45, 2.75) is 26.2 Å². The van der Waals surface area contributed by atoms with E-state index in [1.807, 2.05) is 17.0 Å². The SMILES string of the molecule is Cc1ccc(-c2ccc(-c3nnc(-n4ccnc4)c4c3CCC4)s2)nc1. The summed E-state index contributed by atoms with van der Waals surface area (Å²) in [4.78, 5) is 11.0. The highest BCUT2D eigenvalue weighted by atomic mass is 32.1. The Morgan fingerprint density at radius 3 is 2.69 bits per heavy atom. The lowest BCUT2D eigenvalue weighted by Crippen LogP contribution is -2.04. The number of pyridine rings is 1. The summed E-state index contributed by atoms with van der Waals surface area (Å²) in [6.45, 7) is 2.05. The fraction of sp³-hybridized carbons (Fsp3) is 0.200. The maximum atomic E-state index is 4.59. The number of aromatic nitrogens is 5. The maximum absolute atomic E-state index is 4.59. The van der Waals surface area contributed by atoms with Crippen molar-refractivity contribution in [3.63, 3.8) is 0 Å². The largest absolute Gasteiger partial charge is 0.289 e. The van der Waals surface area contributed by atoms with Gasteiger partial charge >= 0.3 is 0 Å². The first-order valence-electron chi connectivity index (χ1n) is 8.69. The van der Waals surface area contributed by atoms with Gasteiger partial charge in [-0.1, -0.05) is 6.07 Å². The summed E-state index contributed by atoms with van der Waals surface area (Å²) < 4.78 is 1.96. The second-order valence-electron chi connectivity index (χ2n) is 6.54. The molecule has 0 spiro atoms. The lowest BCUT2D eigenvalue weighted by Gasteiger charge is -2.10. The van der Waals surface area contributed by atoms with Crippen LogP contribution >= 0.6 is 11.3 Å². The summed E-state index contributed by atoms with van der Waals surface area (Å²) in [5, 5.41) is 9.12. The first kappa shape index (κ1) is 15.4. The Bertz CT molecular complexity index is 1060. The van der Waals surface area contributed by atoms with Crippen LogP contribution < -0.4 is 0 Å². The van der Waals surface area contributed by atoms with Crippen molar-refractivity contribution >= 4 is 11.3 Å². The minimum Gasteiger partial charge on any atom is -0.289 e. The zero-order chi connectivity index (χ0) is 17.5. The quantitative estimate of drug-likeness (QED) is 0.549. The van der Waals surface area contributed by atoms with Crippen molar-refractivity contribution in [2.24, 2.45) is 0 Å². The molecule has 6 heteroatoms. The summed E-state index contributed by atoms with van der Waals surface area (Å²) in [5.74, 6) is 0.913. The van der Waals surface area contributed by atoms with Crippen LogP contribution in [0.1, 0.15) is 23.1 Å². The number of hydrogen-bond acceptors (Lipinski definition) is 5. The lowest BCUT2D eigenvalue weighted by atomic mass is 10.1. The second kappa shape index (κ2) is 6.14. The van der Waals surface area contributed by atoms with Crippen LogP contribution in [0.5, 0.6) is 0 Å². The number of nitrogens with zero attached hydrogens (tertiary/aromatic N) is 5. The molecule has 5 nitrogen and oxygen atoms in total. The molecule has 1 aliphatic rings. The molecule has 0 amide bonds. The fourth-order valence-electron chi connectivity index (χ4n) is 3.48. The summed E-state index contributed by atoms with van der Waals surface area (Å²) in [5.41, 5.74) is 5.82. The molecule has 4 aromatic heterocycles. The second-order valence-corrected chi connectivity index (χ2v) is 7.62. The predicted octanol–water partition coefficient (Wildman–Crippen LogP) is 4.25. The van der Waals surface area contributed by atoms with Crippen LogP contribution in [0.15, 0.2) is 49.2 Å².